The molecule has 0 bridgehead atoms. The Hall–Kier alpha value is -2.18. The van der Waals surface area contributed by atoms with E-state index in [1.165, 1.54) is 0 Å². The second-order valence-corrected chi connectivity index (χ2v) is 4.83. The molecule has 2 aromatic rings. The van der Waals surface area contributed by atoms with Crippen molar-refractivity contribution in [2.75, 3.05) is 0 Å². The summed E-state index contributed by atoms with van der Waals surface area (Å²) in [5.74, 6) is 0.656. The van der Waals surface area contributed by atoms with Crippen LogP contribution in [0.15, 0.2) is 4.52 Å². The van der Waals surface area contributed by atoms with Gasteiger partial charge in [0.25, 0.3) is 0 Å². The van der Waals surface area contributed by atoms with E-state index < -0.39 is 5.97 Å². The van der Waals surface area contributed by atoms with Crippen molar-refractivity contribution >= 4 is 5.97 Å². The predicted molar refractivity (Wildman–Crippen MR) is 64.0 cm³/mol. The van der Waals surface area contributed by atoms with Crippen molar-refractivity contribution in [3.05, 3.63) is 28.7 Å². The molecule has 100 valence electrons. The lowest BCUT2D eigenvalue weighted by Crippen LogP contribution is -2.07. The van der Waals surface area contributed by atoms with Crippen molar-refractivity contribution in [3.63, 3.8) is 0 Å². The lowest BCUT2D eigenvalue weighted by molar-refractivity contribution is 0.0695. The molecule has 2 heterocycles. The van der Waals surface area contributed by atoms with Crippen LogP contribution in [0, 0.1) is 13.8 Å². The Morgan fingerprint density at radius 2 is 2.21 bits per heavy atom. The molecule has 1 aliphatic carbocycles. The molecule has 0 amide bonds. The van der Waals surface area contributed by atoms with Crippen molar-refractivity contribution in [1.29, 1.82) is 0 Å². The Balaban J connectivity index is 1.86. The Morgan fingerprint density at radius 1 is 1.47 bits per heavy atom. The summed E-state index contributed by atoms with van der Waals surface area (Å²) in [6.07, 6.45) is 2.20. The fourth-order valence-corrected chi connectivity index (χ4v) is 2.12. The van der Waals surface area contributed by atoms with E-state index in [2.05, 4.69) is 15.2 Å². The summed E-state index contributed by atoms with van der Waals surface area (Å²) in [5.41, 5.74) is 1.34. The van der Waals surface area contributed by atoms with Crippen LogP contribution in [0.25, 0.3) is 0 Å². The average Bonchev–Trinajstić information content (AvgIpc) is 3.02. The van der Waals surface area contributed by atoms with Gasteiger partial charge in [0.05, 0.1) is 11.4 Å². The maximum atomic E-state index is 11.1. The highest BCUT2D eigenvalue weighted by Gasteiger charge is 2.29. The molecule has 3 rings (SSSR count). The molecule has 0 spiro atoms. The first-order valence-electron chi connectivity index (χ1n) is 6.16. The number of hydrogen-bond donors (Lipinski definition) is 1. The van der Waals surface area contributed by atoms with Crippen molar-refractivity contribution < 1.29 is 14.4 Å². The summed E-state index contributed by atoms with van der Waals surface area (Å²) in [5, 5.41) is 17.2. The van der Waals surface area contributed by atoms with Gasteiger partial charge in [-0.05, 0) is 26.7 Å². The van der Waals surface area contributed by atoms with Crippen LogP contribution in [0.1, 0.15) is 52.2 Å². The van der Waals surface area contributed by atoms with Crippen LogP contribution in [-0.4, -0.2) is 31.0 Å². The van der Waals surface area contributed by atoms with Crippen LogP contribution >= 0.6 is 0 Å². The van der Waals surface area contributed by atoms with E-state index in [4.69, 9.17) is 9.63 Å². The van der Waals surface area contributed by atoms with Gasteiger partial charge in [-0.3, -0.25) is 4.68 Å². The summed E-state index contributed by atoms with van der Waals surface area (Å²) in [6.45, 7) is 3.74. The molecule has 1 N–H and O–H groups in total. The highest BCUT2D eigenvalue weighted by atomic mass is 16.5. The number of rotatable bonds is 4. The first kappa shape index (κ1) is 11.9. The number of carboxylic acid groups (broad SMARTS) is 1. The molecule has 2 aromatic heterocycles. The van der Waals surface area contributed by atoms with E-state index in [0.717, 1.165) is 12.8 Å². The van der Waals surface area contributed by atoms with Gasteiger partial charge in [0.2, 0.25) is 5.89 Å². The van der Waals surface area contributed by atoms with Crippen molar-refractivity contribution in [2.24, 2.45) is 0 Å². The molecular weight excluding hydrogens is 248 g/mol. The van der Waals surface area contributed by atoms with Crippen molar-refractivity contribution in [3.8, 4) is 0 Å². The molecule has 1 fully saturated rings. The number of hydrogen-bond acceptors (Lipinski definition) is 5. The van der Waals surface area contributed by atoms with Crippen LogP contribution in [0.2, 0.25) is 0 Å². The lowest BCUT2D eigenvalue weighted by atomic mass is 10.2. The third kappa shape index (κ3) is 2.11. The lowest BCUT2D eigenvalue weighted by Gasteiger charge is -1.99. The zero-order valence-corrected chi connectivity index (χ0v) is 10.8. The summed E-state index contributed by atoms with van der Waals surface area (Å²) >= 11 is 0. The monoisotopic (exact) mass is 262 g/mol. The Morgan fingerprint density at radius 3 is 2.79 bits per heavy atom. The third-order valence-electron chi connectivity index (χ3n) is 3.30. The molecule has 0 radical (unpaired) electrons. The highest BCUT2D eigenvalue weighted by Crippen LogP contribution is 2.38. The largest absolute Gasteiger partial charge is 0.478 e. The first-order chi connectivity index (χ1) is 9.06. The molecule has 0 unspecified atom stereocenters. The van der Waals surface area contributed by atoms with Crippen LogP contribution < -0.4 is 0 Å². The molecule has 1 aliphatic rings. The molecule has 7 heteroatoms. The standard InChI is InChI=1S/C12H14N4O3/c1-6-10(12(17)18)7(2)16(14-6)5-9-13-11(19-15-9)8-3-4-8/h8H,3-5H2,1-2H3,(H,17,18). The minimum absolute atomic E-state index is 0.242. The first-order valence-corrected chi connectivity index (χ1v) is 6.16. The fourth-order valence-electron chi connectivity index (χ4n) is 2.12. The van der Waals surface area contributed by atoms with Crippen LogP contribution in [0.3, 0.4) is 0 Å². The van der Waals surface area contributed by atoms with Gasteiger partial charge in [-0.1, -0.05) is 5.16 Å². The summed E-state index contributed by atoms with van der Waals surface area (Å²) in [4.78, 5) is 15.4. The molecule has 7 nitrogen and oxygen atoms in total. The van der Waals surface area contributed by atoms with Gasteiger partial charge in [0, 0.05) is 5.92 Å². The second-order valence-electron chi connectivity index (χ2n) is 4.83. The van der Waals surface area contributed by atoms with E-state index in [1.54, 1.807) is 18.5 Å². The quantitative estimate of drug-likeness (QED) is 0.897. The summed E-state index contributed by atoms with van der Waals surface area (Å²) in [7, 11) is 0. The number of aryl methyl sites for hydroxylation is 1. The van der Waals surface area contributed by atoms with Gasteiger partial charge in [0.1, 0.15) is 12.1 Å². The van der Waals surface area contributed by atoms with Gasteiger partial charge in [-0.25, -0.2) is 4.79 Å². The molecule has 1 saturated carbocycles. The molecule has 0 aromatic carbocycles. The molecule has 0 saturated heterocycles. The Labute approximate surface area is 109 Å². The minimum atomic E-state index is -0.965. The molecule has 0 aliphatic heterocycles. The SMILES string of the molecule is Cc1nn(Cc2noc(C3CC3)n2)c(C)c1C(=O)O. The highest BCUT2D eigenvalue weighted by molar-refractivity contribution is 5.90. The van der Waals surface area contributed by atoms with E-state index >= 15 is 0 Å². The summed E-state index contributed by atoms with van der Waals surface area (Å²) in [6, 6.07) is 0. The van der Waals surface area contributed by atoms with Gasteiger partial charge >= 0.3 is 5.97 Å². The number of nitrogens with zero attached hydrogens (tertiary/aromatic N) is 4. The number of carbonyl (C=O) groups is 1. The molecule has 0 atom stereocenters. The topological polar surface area (TPSA) is 94.0 Å². The second kappa shape index (κ2) is 4.18. The number of aromatic nitrogens is 4. The zero-order valence-electron chi connectivity index (χ0n) is 10.8. The Kier molecular flexibility index (Phi) is 2.62. The van der Waals surface area contributed by atoms with E-state index in [0.29, 0.717) is 35.6 Å². The smallest absolute Gasteiger partial charge is 0.339 e. The van der Waals surface area contributed by atoms with Crippen molar-refractivity contribution in [2.45, 2.75) is 39.2 Å². The van der Waals surface area contributed by atoms with Gasteiger partial charge in [-0.2, -0.15) is 10.1 Å². The van der Waals surface area contributed by atoms with Gasteiger partial charge < -0.3 is 9.63 Å². The van der Waals surface area contributed by atoms with Crippen LogP contribution in [0.4, 0.5) is 0 Å². The van der Waals surface area contributed by atoms with E-state index in [1.807, 2.05) is 0 Å². The number of carboxylic acids is 1. The van der Waals surface area contributed by atoms with E-state index in [-0.39, 0.29) is 5.56 Å². The zero-order chi connectivity index (χ0) is 13.6. The predicted octanol–water partition coefficient (Wildman–Crippen LogP) is 1.51. The van der Waals surface area contributed by atoms with Gasteiger partial charge in [-0.15, -0.1) is 0 Å². The number of aromatic carboxylic acids is 1. The molecular formula is C12H14N4O3. The van der Waals surface area contributed by atoms with Gasteiger partial charge in [0.15, 0.2) is 5.82 Å². The molecule has 19 heavy (non-hydrogen) atoms. The third-order valence-corrected chi connectivity index (χ3v) is 3.30. The maximum absolute atomic E-state index is 11.1. The van der Waals surface area contributed by atoms with Crippen molar-refractivity contribution in [1.82, 2.24) is 19.9 Å². The summed E-state index contributed by atoms with van der Waals surface area (Å²) < 4.78 is 6.76. The normalized spacial score (nSPS) is 14.8. The van der Waals surface area contributed by atoms with E-state index in [9.17, 15) is 4.79 Å². The van der Waals surface area contributed by atoms with Crippen LogP contribution in [-0.2, 0) is 6.54 Å². The Bertz CT molecular complexity index is 639. The minimum Gasteiger partial charge on any atom is -0.478 e. The van der Waals surface area contributed by atoms with Crippen LogP contribution in [0.5, 0.6) is 0 Å². The maximum Gasteiger partial charge on any atom is 0.339 e. The average molecular weight is 262 g/mol. The fraction of sp³-hybridized carbons (Fsp3) is 0.500.